The smallest absolute Gasteiger partial charge is 0.166 e. The van der Waals surface area contributed by atoms with Gasteiger partial charge in [0, 0.05) is 46.2 Å². The first-order valence-corrected chi connectivity index (χ1v) is 9.01. The second kappa shape index (κ2) is 9.92. The first-order valence-electron chi connectivity index (χ1n) is 9.01. The number of phenols is 2. The predicted octanol–water partition coefficient (Wildman–Crippen LogP) is 3.69. The molecule has 2 aromatic rings. The van der Waals surface area contributed by atoms with Crippen LogP contribution in [0.4, 0.5) is 0 Å². The molecule has 0 unspecified atom stereocenters. The molecule has 0 spiro atoms. The standard InChI is InChI=1S/C22H28N2O4.Cu/c1-21(2,23-12-15-8-6-10-17(14-25)19(15)26)22(3,4)24-13-16-9-7-11-18(28-5)20(16)27;/h6-13,25-27H,14H2,1-5H3;. The van der Waals surface area contributed by atoms with Crippen LogP contribution in [0.15, 0.2) is 46.4 Å². The number of aliphatic hydroxyl groups excluding tert-OH is 1. The summed E-state index contributed by atoms with van der Waals surface area (Å²) in [6, 6.07) is 10.4. The van der Waals surface area contributed by atoms with Crippen molar-refractivity contribution in [2.75, 3.05) is 7.11 Å². The van der Waals surface area contributed by atoms with E-state index in [-0.39, 0.29) is 35.2 Å². The molecule has 2 rings (SSSR count). The molecule has 0 fully saturated rings. The van der Waals surface area contributed by atoms with Gasteiger partial charge in [-0.05, 0) is 45.9 Å². The van der Waals surface area contributed by atoms with Gasteiger partial charge in [0.25, 0.3) is 0 Å². The molecule has 0 bridgehead atoms. The van der Waals surface area contributed by atoms with Gasteiger partial charge in [0.1, 0.15) is 5.75 Å². The zero-order chi connectivity index (χ0) is 20.9. The number of methoxy groups -OCH3 is 1. The summed E-state index contributed by atoms with van der Waals surface area (Å²) in [5.41, 5.74) is 0.320. The topological polar surface area (TPSA) is 94.6 Å². The molecule has 7 heteroatoms. The minimum absolute atomic E-state index is 0. The van der Waals surface area contributed by atoms with Gasteiger partial charge in [-0.15, -0.1) is 0 Å². The number of aliphatic imine (C=N–C) groups is 2. The summed E-state index contributed by atoms with van der Waals surface area (Å²) in [4.78, 5) is 9.28. The second-order valence-electron chi connectivity index (χ2n) is 7.55. The van der Waals surface area contributed by atoms with Crippen molar-refractivity contribution in [3.05, 3.63) is 53.1 Å². The van der Waals surface area contributed by atoms with Crippen LogP contribution >= 0.6 is 0 Å². The van der Waals surface area contributed by atoms with E-state index in [4.69, 9.17) is 4.74 Å². The van der Waals surface area contributed by atoms with Crippen LogP contribution in [0.5, 0.6) is 17.2 Å². The van der Waals surface area contributed by atoms with Crippen molar-refractivity contribution in [1.29, 1.82) is 0 Å². The number of phenolic OH excluding ortho intramolecular Hbond substituents is 1. The quantitative estimate of drug-likeness (QED) is 0.445. The third-order valence-corrected chi connectivity index (χ3v) is 5.12. The molecule has 0 saturated heterocycles. The van der Waals surface area contributed by atoms with Gasteiger partial charge in [0.15, 0.2) is 11.5 Å². The number of hydrogen-bond donors (Lipinski definition) is 3. The molecule has 2 aromatic carbocycles. The molecule has 0 aliphatic heterocycles. The normalized spacial score (nSPS) is 12.3. The molecular formula is C22H28CuN2O4. The Bertz CT molecular complexity index is 819. The average molecular weight is 448 g/mol. The Hall–Kier alpha value is -2.34. The van der Waals surface area contributed by atoms with E-state index in [1.165, 1.54) is 7.11 Å². The summed E-state index contributed by atoms with van der Waals surface area (Å²) in [5.74, 6) is 0.446. The summed E-state index contributed by atoms with van der Waals surface area (Å²) in [6.45, 7) is 7.54. The number of para-hydroxylation sites is 2. The molecule has 0 saturated carbocycles. The van der Waals surface area contributed by atoms with Gasteiger partial charge in [-0.2, -0.15) is 0 Å². The van der Waals surface area contributed by atoms with E-state index in [1.54, 1.807) is 48.8 Å². The van der Waals surface area contributed by atoms with Crippen molar-refractivity contribution >= 4 is 12.4 Å². The van der Waals surface area contributed by atoms with Crippen molar-refractivity contribution in [2.45, 2.75) is 45.4 Å². The molecule has 0 aliphatic rings. The van der Waals surface area contributed by atoms with E-state index in [2.05, 4.69) is 9.98 Å². The number of aromatic hydroxyl groups is 2. The summed E-state index contributed by atoms with van der Waals surface area (Å²) in [5, 5.41) is 29.7. The van der Waals surface area contributed by atoms with Crippen LogP contribution in [0.1, 0.15) is 44.4 Å². The Morgan fingerprint density at radius 1 is 0.862 bits per heavy atom. The molecule has 0 heterocycles. The van der Waals surface area contributed by atoms with Crippen LogP contribution < -0.4 is 4.74 Å². The number of hydrogen-bond acceptors (Lipinski definition) is 6. The van der Waals surface area contributed by atoms with Crippen molar-refractivity contribution < 1.29 is 37.1 Å². The van der Waals surface area contributed by atoms with Gasteiger partial charge >= 0.3 is 0 Å². The molecule has 0 aromatic heterocycles. The van der Waals surface area contributed by atoms with Gasteiger partial charge in [-0.3, -0.25) is 9.98 Å². The predicted molar refractivity (Wildman–Crippen MR) is 112 cm³/mol. The Balaban J connectivity index is 0.00000420. The van der Waals surface area contributed by atoms with Crippen molar-refractivity contribution in [3.8, 4) is 17.2 Å². The van der Waals surface area contributed by atoms with Gasteiger partial charge in [-0.1, -0.05) is 18.2 Å². The fourth-order valence-electron chi connectivity index (χ4n) is 2.43. The van der Waals surface area contributed by atoms with Crippen molar-refractivity contribution in [3.63, 3.8) is 0 Å². The molecular weight excluding hydrogens is 420 g/mol. The first kappa shape index (κ1) is 24.7. The zero-order valence-electron chi connectivity index (χ0n) is 17.3. The van der Waals surface area contributed by atoms with Crippen LogP contribution in [0.25, 0.3) is 0 Å². The Morgan fingerprint density at radius 2 is 1.34 bits per heavy atom. The minimum atomic E-state index is -0.611. The summed E-state index contributed by atoms with van der Waals surface area (Å²) < 4.78 is 5.13. The maximum Gasteiger partial charge on any atom is 0.166 e. The Labute approximate surface area is 182 Å². The molecule has 1 radical (unpaired) electrons. The SMILES string of the molecule is COc1cccc(C=NC(C)(C)C(C)(C)N=Cc2cccc(CO)c2O)c1O.[Cu]. The maximum absolute atomic E-state index is 10.2. The number of benzene rings is 2. The molecule has 3 N–H and O–H groups in total. The van der Waals surface area contributed by atoms with Gasteiger partial charge in [0.2, 0.25) is 0 Å². The molecule has 6 nitrogen and oxygen atoms in total. The van der Waals surface area contributed by atoms with E-state index in [1.807, 2.05) is 27.7 Å². The van der Waals surface area contributed by atoms with Crippen LogP contribution in [-0.2, 0) is 23.7 Å². The Morgan fingerprint density at radius 3 is 1.83 bits per heavy atom. The van der Waals surface area contributed by atoms with Crippen molar-refractivity contribution in [1.82, 2.24) is 0 Å². The van der Waals surface area contributed by atoms with E-state index in [9.17, 15) is 15.3 Å². The summed E-state index contributed by atoms with van der Waals surface area (Å²) in [7, 11) is 1.50. The van der Waals surface area contributed by atoms with Crippen LogP contribution in [0, 0.1) is 0 Å². The van der Waals surface area contributed by atoms with Gasteiger partial charge in [-0.25, -0.2) is 0 Å². The first-order chi connectivity index (χ1) is 13.1. The van der Waals surface area contributed by atoms with Gasteiger partial charge < -0.3 is 20.1 Å². The van der Waals surface area contributed by atoms with E-state index in [0.717, 1.165) is 0 Å². The number of rotatable bonds is 7. The number of nitrogens with zero attached hydrogens (tertiary/aromatic N) is 2. The summed E-state index contributed by atoms with van der Waals surface area (Å²) >= 11 is 0. The fraction of sp³-hybridized carbons (Fsp3) is 0.364. The molecule has 161 valence electrons. The van der Waals surface area contributed by atoms with Crippen LogP contribution in [-0.4, -0.2) is 45.9 Å². The molecule has 0 aliphatic carbocycles. The molecule has 0 atom stereocenters. The fourth-order valence-corrected chi connectivity index (χ4v) is 2.43. The largest absolute Gasteiger partial charge is 0.507 e. The van der Waals surface area contributed by atoms with Gasteiger partial charge in [0.05, 0.1) is 24.8 Å². The molecule has 0 amide bonds. The van der Waals surface area contributed by atoms with Crippen molar-refractivity contribution in [2.24, 2.45) is 9.98 Å². The second-order valence-corrected chi connectivity index (χ2v) is 7.55. The summed E-state index contributed by atoms with van der Waals surface area (Å²) in [6.07, 6.45) is 3.20. The molecule has 29 heavy (non-hydrogen) atoms. The number of ether oxygens (including phenoxy) is 1. The third-order valence-electron chi connectivity index (χ3n) is 5.12. The zero-order valence-corrected chi connectivity index (χ0v) is 18.2. The van der Waals surface area contributed by atoms with E-state index < -0.39 is 11.1 Å². The minimum Gasteiger partial charge on any atom is -0.507 e. The Kier molecular flexibility index (Phi) is 8.45. The van der Waals surface area contributed by atoms with E-state index in [0.29, 0.717) is 22.4 Å². The maximum atomic E-state index is 10.2. The van der Waals surface area contributed by atoms with E-state index >= 15 is 0 Å². The monoisotopic (exact) mass is 447 g/mol. The van der Waals surface area contributed by atoms with Crippen LogP contribution in [0.3, 0.4) is 0 Å². The van der Waals surface area contributed by atoms with Crippen LogP contribution in [0.2, 0.25) is 0 Å². The average Bonchev–Trinajstić information content (AvgIpc) is 2.66. The number of aliphatic hydroxyl groups is 1. The third kappa shape index (κ3) is 5.60.